The Bertz CT molecular complexity index is 1030. The molecule has 0 spiro atoms. The molecule has 0 aromatic heterocycles. The van der Waals surface area contributed by atoms with Gasteiger partial charge in [-0.2, -0.15) is 0 Å². The van der Waals surface area contributed by atoms with Crippen molar-refractivity contribution in [1.29, 1.82) is 0 Å². The minimum absolute atomic E-state index is 0.0598. The van der Waals surface area contributed by atoms with E-state index in [1.807, 2.05) is 24.3 Å². The second kappa shape index (κ2) is 10.2. The van der Waals surface area contributed by atoms with Crippen molar-refractivity contribution in [3.05, 3.63) is 64.7 Å². The van der Waals surface area contributed by atoms with Gasteiger partial charge in [0.25, 0.3) is 5.91 Å². The first kappa shape index (κ1) is 24.3. The van der Waals surface area contributed by atoms with Gasteiger partial charge in [0, 0.05) is 38.3 Å². The molecule has 0 saturated carbocycles. The van der Waals surface area contributed by atoms with Crippen LogP contribution in [0.5, 0.6) is 5.75 Å². The van der Waals surface area contributed by atoms with E-state index < -0.39 is 0 Å². The van der Waals surface area contributed by atoms with Crippen LogP contribution in [-0.4, -0.2) is 59.9 Å². The van der Waals surface area contributed by atoms with Crippen LogP contribution in [0.25, 0.3) is 0 Å². The van der Waals surface area contributed by atoms with Crippen LogP contribution in [0, 0.1) is 13.8 Å². The van der Waals surface area contributed by atoms with Gasteiger partial charge in [0.05, 0.1) is 6.61 Å². The van der Waals surface area contributed by atoms with Crippen molar-refractivity contribution in [1.82, 2.24) is 15.1 Å². The van der Waals surface area contributed by atoms with Crippen molar-refractivity contribution >= 4 is 11.8 Å². The van der Waals surface area contributed by atoms with Gasteiger partial charge < -0.3 is 15.0 Å². The lowest BCUT2D eigenvalue weighted by Crippen LogP contribution is -2.40. The van der Waals surface area contributed by atoms with E-state index in [-0.39, 0.29) is 11.4 Å². The summed E-state index contributed by atoms with van der Waals surface area (Å²) in [6.07, 6.45) is 3.74. The summed E-state index contributed by atoms with van der Waals surface area (Å²) in [6, 6.07) is 14.4. The van der Waals surface area contributed by atoms with Gasteiger partial charge in [0.1, 0.15) is 11.3 Å². The average Bonchev–Trinajstić information content (AvgIpc) is 3.39. The van der Waals surface area contributed by atoms with Gasteiger partial charge in [-0.15, -0.1) is 0 Å². The minimum atomic E-state index is -0.326. The number of nitrogens with zero attached hydrogens (tertiary/aromatic N) is 2. The van der Waals surface area contributed by atoms with E-state index in [0.717, 1.165) is 56.6 Å². The zero-order valence-electron chi connectivity index (χ0n) is 20.9. The van der Waals surface area contributed by atoms with Crippen molar-refractivity contribution < 1.29 is 14.3 Å². The van der Waals surface area contributed by atoms with Crippen LogP contribution < -0.4 is 10.1 Å². The quantitative estimate of drug-likeness (QED) is 0.450. The number of hydrogen-bond donors (Lipinski definition) is 1. The molecule has 6 nitrogen and oxygen atoms in total. The van der Waals surface area contributed by atoms with E-state index >= 15 is 0 Å². The number of amides is 2. The zero-order chi connectivity index (χ0) is 24.3. The van der Waals surface area contributed by atoms with Crippen LogP contribution in [0.3, 0.4) is 0 Å². The molecular formula is C28H37N3O3. The highest BCUT2D eigenvalue weighted by atomic mass is 16.5. The number of aryl methyl sites for hydroxylation is 2. The number of likely N-dealkylation sites (tertiary alicyclic amines) is 1. The van der Waals surface area contributed by atoms with Crippen LogP contribution in [0.15, 0.2) is 42.5 Å². The van der Waals surface area contributed by atoms with Crippen molar-refractivity contribution in [2.75, 3.05) is 26.7 Å². The molecule has 6 heteroatoms. The number of nitrogens with one attached hydrogen (secondary N) is 1. The maximum absolute atomic E-state index is 12.7. The Morgan fingerprint density at radius 3 is 2.50 bits per heavy atom. The predicted molar refractivity (Wildman–Crippen MR) is 134 cm³/mol. The first-order chi connectivity index (χ1) is 16.3. The zero-order valence-corrected chi connectivity index (χ0v) is 20.9. The molecule has 4 rings (SSSR count). The first-order valence-corrected chi connectivity index (χ1v) is 12.4. The summed E-state index contributed by atoms with van der Waals surface area (Å²) in [5.41, 5.74) is 3.91. The highest BCUT2D eigenvalue weighted by molar-refractivity contribution is 6.02. The molecule has 0 bridgehead atoms. The Morgan fingerprint density at radius 1 is 1.12 bits per heavy atom. The molecule has 2 aliphatic heterocycles. The van der Waals surface area contributed by atoms with E-state index in [1.165, 1.54) is 11.1 Å². The van der Waals surface area contributed by atoms with Crippen LogP contribution in [0.4, 0.5) is 0 Å². The molecular weight excluding hydrogens is 426 g/mol. The summed E-state index contributed by atoms with van der Waals surface area (Å²) in [6.45, 7) is 9.71. The molecule has 2 amide bonds. The van der Waals surface area contributed by atoms with Crippen LogP contribution in [0.2, 0.25) is 0 Å². The monoisotopic (exact) mass is 463 g/mol. The summed E-state index contributed by atoms with van der Waals surface area (Å²) < 4.78 is 6.00. The van der Waals surface area contributed by atoms with Crippen molar-refractivity contribution in [3.63, 3.8) is 0 Å². The minimum Gasteiger partial charge on any atom is -0.493 e. The maximum Gasteiger partial charge on any atom is 0.251 e. The highest BCUT2D eigenvalue weighted by Crippen LogP contribution is 2.43. The smallest absolute Gasteiger partial charge is 0.251 e. The fourth-order valence-corrected chi connectivity index (χ4v) is 5.12. The fraction of sp³-hybridized carbons (Fsp3) is 0.500. The van der Waals surface area contributed by atoms with Crippen LogP contribution in [0.1, 0.15) is 59.7 Å². The summed E-state index contributed by atoms with van der Waals surface area (Å²) >= 11 is 0. The Morgan fingerprint density at radius 2 is 1.82 bits per heavy atom. The third-order valence-electron chi connectivity index (χ3n) is 7.34. The predicted octanol–water partition coefficient (Wildman–Crippen LogP) is 4.09. The normalized spacial score (nSPS) is 20.9. The number of ether oxygens (including phenoxy) is 1. The summed E-state index contributed by atoms with van der Waals surface area (Å²) in [5, 5.41) is 2.65. The molecule has 182 valence electrons. The van der Waals surface area contributed by atoms with Crippen LogP contribution >= 0.6 is 0 Å². The third kappa shape index (κ3) is 5.27. The number of benzene rings is 2. The molecule has 2 aromatic rings. The molecule has 1 N–H and O–H groups in total. The van der Waals surface area contributed by atoms with Gasteiger partial charge in [-0.05, 0) is 81.3 Å². The van der Waals surface area contributed by atoms with Crippen molar-refractivity contribution in [2.45, 2.75) is 64.6 Å². The molecule has 2 heterocycles. The molecule has 1 unspecified atom stereocenters. The maximum atomic E-state index is 12.7. The molecule has 34 heavy (non-hydrogen) atoms. The van der Waals surface area contributed by atoms with E-state index in [4.69, 9.17) is 4.74 Å². The Kier molecular flexibility index (Phi) is 7.27. The first-order valence-electron chi connectivity index (χ1n) is 12.4. The second-order valence-electron chi connectivity index (χ2n) is 9.95. The SMILES string of the molecule is CNC(=O)c1ccc(CN2CCC(N3C(=O)C3(C)CCCOc3cc(C)ccc3C)CC2)cc1. The molecule has 0 radical (unpaired) electrons. The number of carbonyl (C=O) groups is 2. The standard InChI is InChI=1S/C28H37N3O3/c1-20-6-7-21(2)25(18-20)34-17-5-14-28(3)27(33)31(28)24-12-15-30(16-13-24)19-22-8-10-23(11-9-22)26(32)29-4/h6-11,18,24H,5,12-17,19H2,1-4H3,(H,29,32). The second-order valence-corrected chi connectivity index (χ2v) is 9.95. The topological polar surface area (TPSA) is 61.7 Å². The summed E-state index contributed by atoms with van der Waals surface area (Å²) in [7, 11) is 1.64. The van der Waals surface area contributed by atoms with Gasteiger partial charge in [0.2, 0.25) is 5.91 Å². The van der Waals surface area contributed by atoms with Gasteiger partial charge in [0.15, 0.2) is 0 Å². The van der Waals surface area contributed by atoms with Crippen molar-refractivity contribution in [3.8, 4) is 5.75 Å². The van der Waals surface area contributed by atoms with Gasteiger partial charge in [-0.1, -0.05) is 24.3 Å². The largest absolute Gasteiger partial charge is 0.493 e. The average molecular weight is 464 g/mol. The molecule has 2 saturated heterocycles. The van der Waals surface area contributed by atoms with E-state index in [9.17, 15) is 9.59 Å². The highest BCUT2D eigenvalue weighted by Gasteiger charge is 2.60. The number of piperidine rings is 1. The molecule has 2 aliphatic rings. The van der Waals surface area contributed by atoms with Gasteiger partial charge >= 0.3 is 0 Å². The Labute approximate surface area is 203 Å². The Hall–Kier alpha value is -2.86. The Balaban J connectivity index is 1.21. The van der Waals surface area contributed by atoms with E-state index in [1.54, 1.807) is 7.05 Å². The lowest BCUT2D eigenvalue weighted by molar-refractivity contribution is -0.115. The number of rotatable bonds is 9. The van der Waals surface area contributed by atoms with Crippen molar-refractivity contribution in [2.24, 2.45) is 0 Å². The summed E-state index contributed by atoms with van der Waals surface area (Å²) in [5.74, 6) is 1.18. The van der Waals surface area contributed by atoms with Gasteiger partial charge in [-0.3, -0.25) is 14.5 Å². The fourth-order valence-electron chi connectivity index (χ4n) is 5.12. The molecule has 1 atom stereocenters. The lowest BCUT2D eigenvalue weighted by atomic mass is 10.0. The van der Waals surface area contributed by atoms with Crippen LogP contribution in [-0.2, 0) is 11.3 Å². The third-order valence-corrected chi connectivity index (χ3v) is 7.34. The number of carbonyl (C=O) groups excluding carboxylic acids is 2. The van der Waals surface area contributed by atoms with Gasteiger partial charge in [-0.25, -0.2) is 0 Å². The molecule has 0 aliphatic carbocycles. The number of hydrogen-bond acceptors (Lipinski definition) is 4. The molecule has 2 fully saturated rings. The van der Waals surface area contributed by atoms with E-state index in [0.29, 0.717) is 24.1 Å². The molecule has 2 aromatic carbocycles. The lowest BCUT2D eigenvalue weighted by Gasteiger charge is -2.33. The summed E-state index contributed by atoms with van der Waals surface area (Å²) in [4.78, 5) is 29.0. The van der Waals surface area contributed by atoms with E-state index in [2.05, 4.69) is 54.1 Å².